The van der Waals surface area contributed by atoms with Gasteiger partial charge < -0.3 is 9.64 Å². The van der Waals surface area contributed by atoms with Crippen molar-refractivity contribution in [2.24, 2.45) is 0 Å². The summed E-state index contributed by atoms with van der Waals surface area (Å²) in [5.74, 6) is 0. The number of morpholine rings is 1. The third kappa shape index (κ3) is 4.10. The summed E-state index contributed by atoms with van der Waals surface area (Å²) in [6.45, 7) is 3.91. The van der Waals surface area contributed by atoms with E-state index in [-0.39, 0.29) is 10.6 Å². The zero-order valence-corrected chi connectivity index (χ0v) is 18.8. The van der Waals surface area contributed by atoms with Crippen LogP contribution in [0.15, 0.2) is 64.0 Å². The molecule has 2 aromatic carbocycles. The standard InChI is InChI=1S/C21H20N4O5S2/c1-15-2-8-18(9-3-15)32(28,29)25-20(16-4-6-17(7-5-16)24(26)27)19(14-22)21(31-25)23-10-12-30-13-11-23/h2-9,20H,10-13H2,1H3. The van der Waals surface area contributed by atoms with Crippen molar-refractivity contribution in [3.05, 3.63) is 80.4 Å². The second-order valence-electron chi connectivity index (χ2n) is 7.35. The lowest BCUT2D eigenvalue weighted by atomic mass is 10.0. The number of non-ortho nitro benzene ring substituents is 1. The lowest BCUT2D eigenvalue weighted by molar-refractivity contribution is -0.384. The Morgan fingerprint density at radius 2 is 1.75 bits per heavy atom. The first-order valence-electron chi connectivity index (χ1n) is 9.83. The van der Waals surface area contributed by atoms with Crippen molar-refractivity contribution in [1.29, 1.82) is 5.26 Å². The highest BCUT2D eigenvalue weighted by atomic mass is 32.3. The van der Waals surface area contributed by atoms with Crippen LogP contribution >= 0.6 is 11.9 Å². The third-order valence-corrected chi connectivity index (χ3v) is 8.69. The Bertz CT molecular complexity index is 1200. The van der Waals surface area contributed by atoms with Crippen LogP contribution in [0.2, 0.25) is 0 Å². The Kier molecular flexibility index (Phi) is 6.21. The molecule has 1 fully saturated rings. The molecule has 0 aliphatic carbocycles. The Morgan fingerprint density at radius 1 is 1.12 bits per heavy atom. The van der Waals surface area contributed by atoms with Crippen LogP contribution in [0.5, 0.6) is 0 Å². The number of benzene rings is 2. The number of rotatable bonds is 5. The maximum Gasteiger partial charge on any atom is 0.269 e. The molecule has 0 spiro atoms. The summed E-state index contributed by atoms with van der Waals surface area (Å²) in [6, 6.07) is 13.4. The van der Waals surface area contributed by atoms with E-state index in [2.05, 4.69) is 6.07 Å². The lowest BCUT2D eigenvalue weighted by Gasteiger charge is -2.29. The van der Waals surface area contributed by atoms with Gasteiger partial charge >= 0.3 is 0 Å². The Hall–Kier alpha value is -2.91. The third-order valence-electron chi connectivity index (χ3n) is 5.29. The summed E-state index contributed by atoms with van der Waals surface area (Å²) >= 11 is 1.01. The highest BCUT2D eigenvalue weighted by Gasteiger charge is 2.45. The first-order valence-corrected chi connectivity index (χ1v) is 12.0. The van der Waals surface area contributed by atoms with E-state index < -0.39 is 21.0 Å². The number of hydrogen-bond donors (Lipinski definition) is 0. The SMILES string of the molecule is Cc1ccc(S(=O)(=O)N2SC(N3CCOCC3)=C(C#N)C2c2ccc([N+](=O)[O-])cc2)cc1. The van der Waals surface area contributed by atoms with Crippen LogP contribution in [0, 0.1) is 28.4 Å². The van der Waals surface area contributed by atoms with Gasteiger partial charge in [-0.1, -0.05) is 29.8 Å². The molecule has 166 valence electrons. The van der Waals surface area contributed by atoms with Crippen molar-refractivity contribution < 1.29 is 18.1 Å². The minimum absolute atomic E-state index is 0.108. The second-order valence-corrected chi connectivity index (χ2v) is 10.4. The molecule has 2 aliphatic rings. The van der Waals surface area contributed by atoms with Gasteiger partial charge in [-0.15, -0.1) is 3.71 Å². The minimum atomic E-state index is -3.98. The monoisotopic (exact) mass is 472 g/mol. The molecule has 0 saturated carbocycles. The average Bonchev–Trinajstić information content (AvgIpc) is 3.20. The van der Waals surface area contributed by atoms with Crippen molar-refractivity contribution in [2.45, 2.75) is 17.9 Å². The molecule has 1 saturated heterocycles. The highest BCUT2D eigenvalue weighted by Crippen LogP contribution is 2.50. The molecule has 0 radical (unpaired) electrons. The largest absolute Gasteiger partial charge is 0.378 e. The van der Waals surface area contributed by atoms with E-state index in [4.69, 9.17) is 4.74 Å². The summed E-state index contributed by atoms with van der Waals surface area (Å²) in [5.41, 5.74) is 1.60. The van der Waals surface area contributed by atoms with E-state index in [9.17, 15) is 23.8 Å². The molecule has 0 amide bonds. The quantitative estimate of drug-likeness (QED) is 0.369. The van der Waals surface area contributed by atoms with Gasteiger partial charge in [-0.2, -0.15) is 5.26 Å². The van der Waals surface area contributed by atoms with Gasteiger partial charge in [0.2, 0.25) is 0 Å². The number of nitro groups is 1. The Morgan fingerprint density at radius 3 is 2.31 bits per heavy atom. The van der Waals surface area contributed by atoms with Crippen LogP contribution in [0.1, 0.15) is 17.2 Å². The van der Waals surface area contributed by atoms with E-state index in [1.165, 1.54) is 40.1 Å². The smallest absolute Gasteiger partial charge is 0.269 e. The Labute approximate surface area is 190 Å². The first-order chi connectivity index (χ1) is 15.3. The molecule has 11 heteroatoms. The summed E-state index contributed by atoms with van der Waals surface area (Å²) in [7, 11) is -3.98. The molecule has 2 heterocycles. The van der Waals surface area contributed by atoms with E-state index in [1.807, 2.05) is 11.8 Å². The van der Waals surface area contributed by atoms with E-state index >= 15 is 0 Å². The van der Waals surface area contributed by atoms with Crippen LogP contribution in [0.25, 0.3) is 0 Å². The maximum absolute atomic E-state index is 13.6. The van der Waals surface area contributed by atoms with Crippen LogP contribution < -0.4 is 0 Å². The predicted molar refractivity (Wildman–Crippen MR) is 119 cm³/mol. The molecule has 9 nitrogen and oxygen atoms in total. The van der Waals surface area contributed by atoms with Crippen molar-refractivity contribution >= 4 is 27.7 Å². The maximum atomic E-state index is 13.6. The molecule has 0 N–H and O–H groups in total. The average molecular weight is 473 g/mol. The van der Waals surface area contributed by atoms with Crippen molar-refractivity contribution in [1.82, 2.24) is 8.61 Å². The van der Waals surface area contributed by atoms with Gasteiger partial charge in [0.05, 0.1) is 40.7 Å². The van der Waals surface area contributed by atoms with Crippen molar-refractivity contribution in [3.8, 4) is 6.07 Å². The number of nitro benzene ring substituents is 1. The van der Waals surface area contributed by atoms with Gasteiger partial charge in [-0.3, -0.25) is 10.1 Å². The number of nitrogens with zero attached hydrogens (tertiary/aromatic N) is 4. The molecule has 0 aromatic heterocycles. The van der Waals surface area contributed by atoms with Crippen LogP contribution in [-0.2, 0) is 14.8 Å². The zero-order chi connectivity index (χ0) is 22.9. The fourth-order valence-electron chi connectivity index (χ4n) is 3.58. The molecular weight excluding hydrogens is 452 g/mol. The van der Waals surface area contributed by atoms with Gasteiger partial charge in [-0.05, 0) is 36.6 Å². The highest BCUT2D eigenvalue weighted by molar-refractivity contribution is 8.11. The van der Waals surface area contributed by atoms with Crippen LogP contribution in [0.4, 0.5) is 5.69 Å². The van der Waals surface area contributed by atoms with E-state index in [1.54, 1.807) is 12.1 Å². The normalized spacial score (nSPS) is 19.8. The van der Waals surface area contributed by atoms with Crippen LogP contribution in [-0.4, -0.2) is 48.3 Å². The van der Waals surface area contributed by atoms with E-state index in [0.717, 1.165) is 17.5 Å². The summed E-state index contributed by atoms with van der Waals surface area (Å²) in [4.78, 5) is 12.6. The fourth-order valence-corrected chi connectivity index (χ4v) is 6.69. The number of sulfonamides is 1. The Balaban J connectivity index is 1.82. The fraction of sp³-hybridized carbons (Fsp3) is 0.286. The number of hydrogen-bond acceptors (Lipinski definition) is 8. The molecule has 2 aromatic rings. The topological polar surface area (TPSA) is 117 Å². The predicted octanol–water partition coefficient (Wildman–Crippen LogP) is 3.36. The van der Waals surface area contributed by atoms with Gasteiger partial charge in [0.1, 0.15) is 5.03 Å². The van der Waals surface area contributed by atoms with Gasteiger partial charge in [0.15, 0.2) is 0 Å². The molecule has 1 atom stereocenters. The van der Waals surface area contributed by atoms with Crippen LogP contribution in [0.3, 0.4) is 0 Å². The molecule has 4 rings (SSSR count). The van der Waals surface area contributed by atoms with Gasteiger partial charge in [-0.25, -0.2) is 8.42 Å². The molecule has 32 heavy (non-hydrogen) atoms. The second kappa shape index (κ2) is 8.91. The van der Waals surface area contributed by atoms with Crippen molar-refractivity contribution in [3.63, 3.8) is 0 Å². The number of ether oxygens (including phenoxy) is 1. The summed E-state index contributed by atoms with van der Waals surface area (Å²) < 4.78 is 33.8. The molecular formula is C21H20N4O5S2. The zero-order valence-electron chi connectivity index (χ0n) is 17.2. The summed E-state index contributed by atoms with van der Waals surface area (Å²) in [5, 5.41) is 21.7. The van der Waals surface area contributed by atoms with Crippen molar-refractivity contribution in [2.75, 3.05) is 26.3 Å². The summed E-state index contributed by atoms with van der Waals surface area (Å²) in [6.07, 6.45) is 0. The number of aryl methyl sites for hydroxylation is 1. The van der Waals surface area contributed by atoms with Gasteiger partial charge in [0, 0.05) is 25.2 Å². The minimum Gasteiger partial charge on any atom is -0.378 e. The first kappa shape index (κ1) is 22.3. The van der Waals surface area contributed by atoms with E-state index in [0.29, 0.717) is 42.5 Å². The van der Waals surface area contributed by atoms with Gasteiger partial charge in [0.25, 0.3) is 15.7 Å². The molecule has 1 unspecified atom stereocenters. The molecule has 0 bridgehead atoms. The molecule has 2 aliphatic heterocycles. The number of nitriles is 1. The lowest BCUT2D eigenvalue weighted by Crippen LogP contribution is -2.35.